The van der Waals surface area contributed by atoms with Gasteiger partial charge < -0.3 is 0 Å². The fraction of sp³-hybridized carbons (Fsp3) is 0.435. The number of hydrogen-bond donors (Lipinski definition) is 0. The third-order valence-electron chi connectivity index (χ3n) is 6.39. The Morgan fingerprint density at radius 1 is 1.12 bits per heavy atom. The minimum atomic E-state index is -4.00. The van der Waals surface area contributed by atoms with Crippen molar-refractivity contribution in [2.24, 2.45) is 5.41 Å². The number of piperidine rings is 1. The van der Waals surface area contributed by atoms with Crippen LogP contribution in [0.1, 0.15) is 50.6 Å². The predicted molar refractivity (Wildman–Crippen MR) is 122 cm³/mol. The zero-order valence-corrected chi connectivity index (χ0v) is 20.0. The minimum absolute atomic E-state index is 0.0112. The summed E-state index contributed by atoms with van der Waals surface area (Å²) in [5.41, 5.74) is -0.0137. The fourth-order valence-electron chi connectivity index (χ4n) is 4.68. The molecule has 1 aliphatic heterocycles. The molecule has 0 aromatic heterocycles. The van der Waals surface area contributed by atoms with E-state index in [1.807, 2.05) is 0 Å². The molecule has 1 aliphatic carbocycles. The molecule has 2 aromatic carbocycles. The summed E-state index contributed by atoms with van der Waals surface area (Å²) in [5.74, 6) is -0.942. The molecule has 2 atom stereocenters. The van der Waals surface area contributed by atoms with Gasteiger partial charge in [-0.2, -0.15) is 4.31 Å². The highest BCUT2D eigenvalue weighted by molar-refractivity contribution is 8.13. The Labute approximate surface area is 196 Å². The van der Waals surface area contributed by atoms with Gasteiger partial charge in [0, 0.05) is 29.8 Å². The molecule has 172 valence electrons. The maximum atomic E-state index is 14.1. The molecule has 4 rings (SSSR count). The van der Waals surface area contributed by atoms with Crippen molar-refractivity contribution in [1.82, 2.24) is 4.31 Å². The van der Waals surface area contributed by atoms with Crippen LogP contribution in [0.25, 0.3) is 0 Å². The highest BCUT2D eigenvalue weighted by atomic mass is 35.5. The van der Waals surface area contributed by atoms with Crippen LogP contribution in [0, 0.1) is 17.0 Å². The van der Waals surface area contributed by atoms with Gasteiger partial charge >= 0.3 is 0 Å². The maximum absolute atomic E-state index is 14.1. The second kappa shape index (κ2) is 9.05. The highest BCUT2D eigenvalue weighted by Crippen LogP contribution is 2.58. The molecule has 1 saturated heterocycles. The van der Waals surface area contributed by atoms with Crippen LogP contribution in [-0.4, -0.2) is 29.6 Å². The van der Waals surface area contributed by atoms with Crippen LogP contribution in [-0.2, 0) is 14.8 Å². The SMILES string of the molecule is CC(=O)SCC1([C@@H]2CCC[C@H](c3cc(F)cc(F)c3)N2S(=O)(=O)c2ccc(Cl)cc2)CC1. The van der Waals surface area contributed by atoms with E-state index < -0.39 is 27.7 Å². The van der Waals surface area contributed by atoms with Crippen molar-refractivity contribution >= 4 is 38.5 Å². The Bertz CT molecular complexity index is 1100. The number of carbonyl (C=O) groups excluding carboxylic acids is 1. The van der Waals surface area contributed by atoms with Gasteiger partial charge in [0.1, 0.15) is 11.6 Å². The molecule has 0 N–H and O–H groups in total. The molecule has 0 unspecified atom stereocenters. The molecule has 32 heavy (non-hydrogen) atoms. The van der Waals surface area contributed by atoms with Crippen molar-refractivity contribution in [3.05, 3.63) is 64.7 Å². The molecule has 0 bridgehead atoms. The minimum Gasteiger partial charge on any atom is -0.288 e. The standard InChI is InChI=1S/C23H24ClF2NO3S2/c1-15(28)31-14-23(9-10-23)22-4-2-3-21(16-11-18(25)13-19(26)12-16)27(22)32(29,30)20-7-5-17(24)6-8-20/h5-8,11-13,21-22H,2-4,9-10,14H2,1H3/t21-,22+/m1/s1. The van der Waals surface area contributed by atoms with Crippen LogP contribution in [0.3, 0.4) is 0 Å². The van der Waals surface area contributed by atoms with Gasteiger partial charge in [-0.3, -0.25) is 4.79 Å². The van der Waals surface area contributed by atoms with Crippen LogP contribution in [0.5, 0.6) is 0 Å². The summed E-state index contributed by atoms with van der Waals surface area (Å²) >= 11 is 7.17. The molecule has 2 fully saturated rings. The van der Waals surface area contributed by atoms with Crippen molar-refractivity contribution < 1.29 is 22.0 Å². The van der Waals surface area contributed by atoms with Crippen LogP contribution >= 0.6 is 23.4 Å². The molecule has 1 saturated carbocycles. The van der Waals surface area contributed by atoms with Crippen molar-refractivity contribution in [2.75, 3.05) is 5.75 Å². The number of benzene rings is 2. The topological polar surface area (TPSA) is 54.5 Å². The van der Waals surface area contributed by atoms with E-state index in [-0.39, 0.29) is 21.5 Å². The number of carbonyl (C=O) groups is 1. The number of halogens is 3. The number of thioether (sulfide) groups is 1. The van der Waals surface area contributed by atoms with Crippen LogP contribution in [0.15, 0.2) is 47.4 Å². The van der Waals surface area contributed by atoms with Gasteiger partial charge in [0.25, 0.3) is 0 Å². The van der Waals surface area contributed by atoms with E-state index in [1.54, 1.807) is 0 Å². The number of nitrogens with zero attached hydrogens (tertiary/aromatic N) is 1. The second-order valence-corrected chi connectivity index (χ2v) is 12.0. The first kappa shape index (κ1) is 23.7. The predicted octanol–water partition coefficient (Wildman–Crippen LogP) is 5.96. The summed E-state index contributed by atoms with van der Waals surface area (Å²) in [5, 5.41) is 0.405. The van der Waals surface area contributed by atoms with Crippen molar-refractivity contribution in [2.45, 2.75) is 56.0 Å². The van der Waals surface area contributed by atoms with Crippen LogP contribution in [0.2, 0.25) is 5.02 Å². The molecular weight excluding hydrogens is 476 g/mol. The van der Waals surface area contributed by atoms with E-state index in [2.05, 4.69) is 0 Å². The summed E-state index contributed by atoms with van der Waals surface area (Å²) in [6.45, 7) is 1.50. The Morgan fingerprint density at radius 3 is 2.31 bits per heavy atom. The number of hydrogen-bond acceptors (Lipinski definition) is 4. The van der Waals surface area contributed by atoms with Gasteiger partial charge in [0.15, 0.2) is 5.12 Å². The molecule has 9 heteroatoms. The first-order chi connectivity index (χ1) is 15.1. The van der Waals surface area contributed by atoms with Crippen molar-refractivity contribution in [3.63, 3.8) is 0 Å². The van der Waals surface area contributed by atoms with E-state index in [1.165, 1.54) is 59.4 Å². The van der Waals surface area contributed by atoms with Gasteiger partial charge in [0.05, 0.1) is 10.9 Å². The molecule has 2 aromatic rings. The molecule has 0 amide bonds. The van der Waals surface area contributed by atoms with E-state index >= 15 is 0 Å². The Morgan fingerprint density at radius 2 is 1.75 bits per heavy atom. The smallest absolute Gasteiger partial charge is 0.243 e. The van der Waals surface area contributed by atoms with E-state index in [0.717, 1.165) is 25.3 Å². The molecule has 4 nitrogen and oxygen atoms in total. The molecular formula is C23H24ClF2NO3S2. The summed E-state index contributed by atoms with van der Waals surface area (Å²) < 4.78 is 57.4. The summed E-state index contributed by atoms with van der Waals surface area (Å²) in [7, 11) is -4.00. The van der Waals surface area contributed by atoms with Gasteiger partial charge in [-0.25, -0.2) is 17.2 Å². The Hall–Kier alpha value is -1.48. The lowest BCUT2D eigenvalue weighted by atomic mass is 9.86. The molecule has 0 radical (unpaired) electrons. The first-order valence-electron chi connectivity index (χ1n) is 10.5. The normalized spacial score (nSPS) is 23.1. The zero-order valence-electron chi connectivity index (χ0n) is 17.6. The van der Waals surface area contributed by atoms with Gasteiger partial charge in [-0.05, 0) is 79.5 Å². The Kier molecular flexibility index (Phi) is 6.69. The van der Waals surface area contributed by atoms with Gasteiger partial charge in [-0.15, -0.1) is 0 Å². The van der Waals surface area contributed by atoms with Crippen molar-refractivity contribution in [3.8, 4) is 0 Å². The Balaban J connectivity index is 1.81. The summed E-state index contributed by atoms with van der Waals surface area (Å²) in [4.78, 5) is 11.7. The maximum Gasteiger partial charge on any atom is 0.243 e. The lowest BCUT2D eigenvalue weighted by molar-refractivity contribution is -0.109. The van der Waals surface area contributed by atoms with Gasteiger partial charge in [0.2, 0.25) is 10.0 Å². The second-order valence-electron chi connectivity index (χ2n) is 8.60. The summed E-state index contributed by atoms with van der Waals surface area (Å²) in [6.07, 6.45) is 3.46. The lowest BCUT2D eigenvalue weighted by Crippen LogP contribution is -2.50. The number of rotatable bonds is 6. The quantitative estimate of drug-likeness (QED) is 0.492. The fourth-order valence-corrected chi connectivity index (χ4v) is 7.72. The molecule has 2 aliphatic rings. The van der Waals surface area contributed by atoms with Crippen LogP contribution in [0.4, 0.5) is 8.78 Å². The van der Waals surface area contributed by atoms with E-state index in [4.69, 9.17) is 11.6 Å². The highest BCUT2D eigenvalue weighted by Gasteiger charge is 2.56. The average molecular weight is 500 g/mol. The zero-order chi connectivity index (χ0) is 23.1. The van der Waals surface area contributed by atoms with Crippen molar-refractivity contribution in [1.29, 1.82) is 0 Å². The van der Waals surface area contributed by atoms with E-state index in [0.29, 0.717) is 29.2 Å². The summed E-state index contributed by atoms with van der Waals surface area (Å²) in [6, 6.07) is 8.10. The first-order valence-corrected chi connectivity index (χ1v) is 13.3. The lowest BCUT2D eigenvalue weighted by Gasteiger charge is -2.45. The monoisotopic (exact) mass is 499 g/mol. The van der Waals surface area contributed by atoms with Gasteiger partial charge in [-0.1, -0.05) is 23.4 Å². The third kappa shape index (κ3) is 4.74. The largest absolute Gasteiger partial charge is 0.288 e. The number of sulfonamides is 1. The average Bonchev–Trinajstić information content (AvgIpc) is 3.52. The molecule has 0 spiro atoms. The molecule has 1 heterocycles. The third-order valence-corrected chi connectivity index (χ3v) is 9.70. The van der Waals surface area contributed by atoms with Crippen LogP contribution < -0.4 is 0 Å². The van der Waals surface area contributed by atoms with E-state index in [9.17, 15) is 22.0 Å².